The van der Waals surface area contributed by atoms with Gasteiger partial charge in [-0.15, -0.1) is 11.3 Å². The number of nitrogens with zero attached hydrogens (tertiary/aromatic N) is 2. The third-order valence-electron chi connectivity index (χ3n) is 6.63. The van der Waals surface area contributed by atoms with Gasteiger partial charge >= 0.3 is 0 Å². The molecule has 1 heterocycles. The number of thiophene rings is 1. The quantitative estimate of drug-likeness (QED) is 0.252. The number of hydrogen-bond acceptors (Lipinski definition) is 3. The van der Waals surface area contributed by atoms with Gasteiger partial charge in [0, 0.05) is 23.0 Å². The number of fused-ring (bicyclic) bond motifs is 1. The minimum Gasteiger partial charge on any atom is -0.332 e. The maximum absolute atomic E-state index is 13.7. The smallest absolute Gasteiger partial charge is 0.254 e. The average molecular weight is 503 g/mol. The second-order valence-electron chi connectivity index (χ2n) is 9.16. The van der Waals surface area contributed by atoms with Gasteiger partial charge in [-0.3, -0.25) is 9.59 Å². The van der Waals surface area contributed by atoms with Crippen molar-refractivity contribution in [2.75, 3.05) is 6.54 Å². The third kappa shape index (κ3) is 6.00. The molecular formula is C30H31FN2O2S. The maximum atomic E-state index is 13.7. The number of carbonyl (C=O) groups excluding carboxylic acids is 2. The van der Waals surface area contributed by atoms with E-state index in [1.807, 2.05) is 74.7 Å². The summed E-state index contributed by atoms with van der Waals surface area (Å²) in [4.78, 5) is 31.9. The zero-order chi connectivity index (χ0) is 25.7. The Morgan fingerprint density at radius 1 is 0.944 bits per heavy atom. The molecule has 2 amide bonds. The van der Waals surface area contributed by atoms with Gasteiger partial charge in [0.1, 0.15) is 12.4 Å². The van der Waals surface area contributed by atoms with Gasteiger partial charge in [0.2, 0.25) is 5.91 Å². The fourth-order valence-electron chi connectivity index (χ4n) is 4.16. The maximum Gasteiger partial charge on any atom is 0.254 e. The lowest BCUT2D eigenvalue weighted by Gasteiger charge is -2.31. The van der Waals surface area contributed by atoms with E-state index in [9.17, 15) is 14.0 Å². The van der Waals surface area contributed by atoms with E-state index in [-0.39, 0.29) is 30.2 Å². The molecule has 0 aliphatic rings. The highest BCUT2D eigenvalue weighted by molar-refractivity contribution is 7.10. The molecule has 3 aromatic carbocycles. The summed E-state index contributed by atoms with van der Waals surface area (Å²) in [5.74, 6) is -0.603. The lowest BCUT2D eigenvalue weighted by Crippen LogP contribution is -2.46. The van der Waals surface area contributed by atoms with E-state index in [1.165, 1.54) is 12.1 Å². The number of benzene rings is 3. The van der Waals surface area contributed by atoms with Crippen molar-refractivity contribution in [2.24, 2.45) is 0 Å². The Kier molecular flexibility index (Phi) is 8.16. The van der Waals surface area contributed by atoms with Crippen LogP contribution in [-0.4, -0.2) is 34.2 Å². The van der Waals surface area contributed by atoms with Gasteiger partial charge < -0.3 is 9.80 Å². The minimum absolute atomic E-state index is 0.0215. The predicted octanol–water partition coefficient (Wildman–Crippen LogP) is 6.82. The highest BCUT2D eigenvalue weighted by atomic mass is 32.1. The van der Waals surface area contributed by atoms with Crippen molar-refractivity contribution in [3.63, 3.8) is 0 Å². The van der Waals surface area contributed by atoms with Gasteiger partial charge in [-0.25, -0.2) is 4.39 Å². The van der Waals surface area contributed by atoms with E-state index in [2.05, 4.69) is 0 Å². The predicted molar refractivity (Wildman–Crippen MR) is 144 cm³/mol. The zero-order valence-corrected chi connectivity index (χ0v) is 21.7. The Labute approximate surface area is 216 Å². The summed E-state index contributed by atoms with van der Waals surface area (Å²) >= 11 is 1.61. The summed E-state index contributed by atoms with van der Waals surface area (Å²) in [7, 11) is 0. The first-order valence-electron chi connectivity index (χ1n) is 12.2. The lowest BCUT2D eigenvalue weighted by atomic mass is 10.1. The molecule has 0 unspecified atom stereocenters. The molecule has 186 valence electrons. The van der Waals surface area contributed by atoms with E-state index in [1.54, 1.807) is 33.3 Å². The first-order valence-corrected chi connectivity index (χ1v) is 13.1. The van der Waals surface area contributed by atoms with Crippen LogP contribution in [0.1, 0.15) is 46.6 Å². The summed E-state index contributed by atoms with van der Waals surface area (Å²) < 4.78 is 13.5. The Balaban J connectivity index is 1.60. The van der Waals surface area contributed by atoms with E-state index in [0.717, 1.165) is 33.2 Å². The molecule has 0 spiro atoms. The molecule has 0 N–H and O–H groups in total. The van der Waals surface area contributed by atoms with Crippen LogP contribution in [0.4, 0.5) is 4.39 Å². The number of hydrogen-bond donors (Lipinski definition) is 0. The van der Waals surface area contributed by atoms with Crippen LogP contribution in [0.15, 0.2) is 78.2 Å². The molecule has 0 bridgehead atoms. The zero-order valence-electron chi connectivity index (χ0n) is 20.9. The molecule has 0 saturated heterocycles. The van der Waals surface area contributed by atoms with Crippen LogP contribution in [0, 0.1) is 12.7 Å². The third-order valence-corrected chi connectivity index (χ3v) is 7.64. The van der Waals surface area contributed by atoms with Crippen LogP contribution < -0.4 is 0 Å². The molecular weight excluding hydrogens is 471 g/mol. The second-order valence-corrected chi connectivity index (χ2v) is 10.2. The summed E-state index contributed by atoms with van der Waals surface area (Å²) in [5.41, 5.74) is 2.54. The molecule has 0 aliphatic heterocycles. The van der Waals surface area contributed by atoms with Crippen molar-refractivity contribution in [3.05, 3.63) is 106 Å². The van der Waals surface area contributed by atoms with Crippen molar-refractivity contribution in [1.29, 1.82) is 0 Å². The molecule has 1 atom stereocenters. The summed E-state index contributed by atoms with van der Waals surface area (Å²) in [6.07, 6.45) is 0.731. The summed E-state index contributed by atoms with van der Waals surface area (Å²) in [5, 5.41) is 4.07. The number of rotatable bonds is 9. The Morgan fingerprint density at radius 2 is 1.67 bits per heavy atom. The molecule has 1 aromatic heterocycles. The standard InChI is InChI=1S/C30H31FN2O2S/c1-4-22(3)33(30(35)26-12-11-24-7-5-6-8-25(24)17-26)20-29(34)32(19-28-21(2)15-16-36-28)18-23-9-13-27(31)14-10-23/h5-17,22H,4,18-20H2,1-3H3/t22-/m0/s1. The summed E-state index contributed by atoms with van der Waals surface area (Å²) in [6, 6.07) is 21.7. The van der Waals surface area contributed by atoms with E-state index >= 15 is 0 Å². The highest BCUT2D eigenvalue weighted by Gasteiger charge is 2.26. The molecule has 6 heteroatoms. The van der Waals surface area contributed by atoms with Gasteiger partial charge in [0.25, 0.3) is 5.91 Å². The van der Waals surface area contributed by atoms with Crippen LogP contribution in [-0.2, 0) is 17.9 Å². The van der Waals surface area contributed by atoms with Crippen LogP contribution in [0.2, 0.25) is 0 Å². The van der Waals surface area contributed by atoms with Crippen LogP contribution >= 0.6 is 11.3 Å². The van der Waals surface area contributed by atoms with Crippen molar-refractivity contribution in [3.8, 4) is 0 Å². The molecule has 0 fully saturated rings. The molecule has 0 radical (unpaired) electrons. The van der Waals surface area contributed by atoms with Crippen molar-refractivity contribution in [1.82, 2.24) is 9.80 Å². The molecule has 36 heavy (non-hydrogen) atoms. The van der Waals surface area contributed by atoms with Crippen molar-refractivity contribution >= 4 is 33.9 Å². The minimum atomic E-state index is -0.311. The molecule has 0 aliphatic carbocycles. The Hall–Kier alpha value is -3.51. The van der Waals surface area contributed by atoms with Gasteiger partial charge in [0.15, 0.2) is 0 Å². The van der Waals surface area contributed by atoms with Crippen LogP contribution in [0.5, 0.6) is 0 Å². The average Bonchev–Trinajstić information content (AvgIpc) is 3.30. The highest BCUT2D eigenvalue weighted by Crippen LogP contribution is 2.22. The number of amides is 2. The Bertz CT molecular complexity index is 1350. The van der Waals surface area contributed by atoms with E-state index < -0.39 is 0 Å². The SMILES string of the molecule is CC[C@H](C)N(CC(=O)N(Cc1ccc(F)cc1)Cc1sccc1C)C(=O)c1ccc2ccccc2c1. The normalized spacial score (nSPS) is 11.9. The second kappa shape index (κ2) is 11.5. The first kappa shape index (κ1) is 25.6. The largest absolute Gasteiger partial charge is 0.332 e. The summed E-state index contributed by atoms with van der Waals surface area (Å²) in [6.45, 7) is 6.78. The Morgan fingerprint density at radius 3 is 2.33 bits per heavy atom. The lowest BCUT2D eigenvalue weighted by molar-refractivity contribution is -0.133. The molecule has 0 saturated carbocycles. The number of halogens is 1. The van der Waals surface area contributed by atoms with Gasteiger partial charge in [-0.2, -0.15) is 0 Å². The van der Waals surface area contributed by atoms with Crippen molar-refractivity contribution in [2.45, 2.75) is 46.3 Å². The van der Waals surface area contributed by atoms with E-state index in [4.69, 9.17) is 0 Å². The van der Waals surface area contributed by atoms with Crippen LogP contribution in [0.3, 0.4) is 0 Å². The van der Waals surface area contributed by atoms with E-state index in [0.29, 0.717) is 18.7 Å². The molecule has 4 rings (SSSR count). The van der Waals surface area contributed by atoms with Crippen LogP contribution in [0.25, 0.3) is 10.8 Å². The molecule has 4 nitrogen and oxygen atoms in total. The fraction of sp³-hybridized carbons (Fsp3) is 0.267. The monoisotopic (exact) mass is 502 g/mol. The number of aryl methyl sites for hydroxylation is 1. The first-order chi connectivity index (χ1) is 17.4. The van der Waals surface area contributed by atoms with Crippen molar-refractivity contribution < 1.29 is 14.0 Å². The van der Waals surface area contributed by atoms with Gasteiger partial charge in [0.05, 0.1) is 6.54 Å². The van der Waals surface area contributed by atoms with Gasteiger partial charge in [-0.05, 0) is 77.9 Å². The topological polar surface area (TPSA) is 40.6 Å². The van der Waals surface area contributed by atoms with Gasteiger partial charge in [-0.1, -0.05) is 49.4 Å². The number of carbonyl (C=O) groups is 2. The molecule has 4 aromatic rings. The fourth-order valence-corrected chi connectivity index (χ4v) is 5.08.